The molecule has 78 valence electrons. The first-order valence-corrected chi connectivity index (χ1v) is 4.94. The van der Waals surface area contributed by atoms with Crippen molar-refractivity contribution in [3.05, 3.63) is 0 Å². The Kier molecular flexibility index (Phi) is 5.31. The van der Waals surface area contributed by atoms with Crippen LogP contribution in [0.2, 0.25) is 0 Å². The first-order valence-electron chi connectivity index (χ1n) is 4.94. The number of hydrogen-bond acceptors (Lipinski definition) is 4. The van der Waals surface area contributed by atoms with E-state index >= 15 is 0 Å². The Morgan fingerprint density at radius 1 is 1.69 bits per heavy atom. The van der Waals surface area contributed by atoms with Crippen LogP contribution in [0.25, 0.3) is 0 Å². The van der Waals surface area contributed by atoms with E-state index in [9.17, 15) is 5.11 Å². The molecule has 0 aromatic heterocycles. The highest BCUT2D eigenvalue weighted by molar-refractivity contribution is 4.76. The topological polar surface area (TPSA) is 53.5 Å². The van der Waals surface area contributed by atoms with Gasteiger partial charge in [-0.15, -0.1) is 0 Å². The van der Waals surface area contributed by atoms with Gasteiger partial charge in [0.2, 0.25) is 0 Å². The fourth-order valence-corrected chi connectivity index (χ4v) is 1.61. The number of methoxy groups -OCH3 is 1. The molecule has 0 aromatic rings. The number of aliphatic hydroxyl groups excluding tert-OH is 1. The molecule has 0 spiro atoms. The molecule has 0 radical (unpaired) electrons. The van der Waals surface area contributed by atoms with Crippen molar-refractivity contribution in [2.45, 2.75) is 25.0 Å². The van der Waals surface area contributed by atoms with E-state index in [1.165, 1.54) is 12.8 Å². The van der Waals surface area contributed by atoms with Gasteiger partial charge in [0.1, 0.15) is 0 Å². The highest BCUT2D eigenvalue weighted by Crippen LogP contribution is 2.02. The van der Waals surface area contributed by atoms with Crippen molar-refractivity contribution < 1.29 is 9.84 Å². The van der Waals surface area contributed by atoms with Gasteiger partial charge < -0.3 is 20.5 Å². The van der Waals surface area contributed by atoms with E-state index in [1.54, 1.807) is 7.11 Å². The lowest BCUT2D eigenvalue weighted by Crippen LogP contribution is -2.38. The third-order valence-corrected chi connectivity index (χ3v) is 2.29. The number of aliphatic hydroxyl groups is 1. The molecule has 3 N–H and O–H groups in total. The van der Waals surface area contributed by atoms with E-state index in [-0.39, 0.29) is 6.10 Å². The van der Waals surface area contributed by atoms with Gasteiger partial charge in [-0.05, 0) is 19.4 Å². The highest BCUT2D eigenvalue weighted by Gasteiger charge is 2.13. The molecule has 2 atom stereocenters. The van der Waals surface area contributed by atoms with Gasteiger partial charge in [-0.2, -0.15) is 0 Å². The maximum atomic E-state index is 9.32. The lowest BCUT2D eigenvalue weighted by atomic mass is 10.2. The molecule has 0 aromatic carbocycles. The van der Waals surface area contributed by atoms with Crippen LogP contribution in [-0.4, -0.2) is 50.6 Å². The lowest BCUT2D eigenvalue weighted by Gasteiger charge is -2.14. The van der Waals surface area contributed by atoms with Gasteiger partial charge in [0.15, 0.2) is 0 Å². The fourth-order valence-electron chi connectivity index (χ4n) is 1.61. The van der Waals surface area contributed by atoms with E-state index in [2.05, 4.69) is 10.6 Å². The smallest absolute Gasteiger partial charge is 0.0897 e. The van der Waals surface area contributed by atoms with E-state index in [4.69, 9.17) is 4.74 Å². The van der Waals surface area contributed by atoms with Gasteiger partial charge in [-0.25, -0.2) is 0 Å². The molecule has 4 heteroatoms. The second-order valence-corrected chi connectivity index (χ2v) is 3.56. The van der Waals surface area contributed by atoms with Crippen molar-refractivity contribution in [2.75, 3.05) is 33.4 Å². The Morgan fingerprint density at radius 2 is 2.54 bits per heavy atom. The van der Waals surface area contributed by atoms with Crippen molar-refractivity contribution in [3.63, 3.8) is 0 Å². The molecule has 0 aliphatic carbocycles. The largest absolute Gasteiger partial charge is 0.389 e. The minimum Gasteiger partial charge on any atom is -0.389 e. The molecule has 0 amide bonds. The Balaban J connectivity index is 1.93. The summed E-state index contributed by atoms with van der Waals surface area (Å²) in [7, 11) is 1.60. The first kappa shape index (κ1) is 10.9. The second-order valence-electron chi connectivity index (χ2n) is 3.56. The molecule has 1 aliphatic heterocycles. The Morgan fingerprint density at radius 3 is 3.15 bits per heavy atom. The Hall–Kier alpha value is -0.160. The Bertz CT molecular complexity index is 127. The summed E-state index contributed by atoms with van der Waals surface area (Å²) in [5.74, 6) is 0. The maximum absolute atomic E-state index is 9.32. The molecule has 1 saturated heterocycles. The molecule has 1 heterocycles. The van der Waals surface area contributed by atoms with Crippen molar-refractivity contribution >= 4 is 0 Å². The number of hydrogen-bond donors (Lipinski definition) is 3. The average molecular weight is 188 g/mol. The molecule has 13 heavy (non-hydrogen) atoms. The predicted molar refractivity (Wildman–Crippen MR) is 51.8 cm³/mol. The first-order chi connectivity index (χ1) is 6.33. The predicted octanol–water partition coefficient (Wildman–Crippen LogP) is -0.665. The van der Waals surface area contributed by atoms with Crippen LogP contribution < -0.4 is 10.6 Å². The summed E-state index contributed by atoms with van der Waals surface area (Å²) in [4.78, 5) is 0. The van der Waals surface area contributed by atoms with Crippen molar-refractivity contribution in [2.24, 2.45) is 0 Å². The van der Waals surface area contributed by atoms with E-state index < -0.39 is 0 Å². The van der Waals surface area contributed by atoms with E-state index in [0.717, 1.165) is 13.1 Å². The molecular weight excluding hydrogens is 168 g/mol. The molecule has 4 nitrogen and oxygen atoms in total. The highest BCUT2D eigenvalue weighted by atomic mass is 16.5. The summed E-state index contributed by atoms with van der Waals surface area (Å²) in [6.45, 7) is 3.10. The quantitative estimate of drug-likeness (QED) is 0.518. The standard InChI is InChI=1S/C9H20N2O2/c1-13-7-9(12)6-10-5-8-3-2-4-11-8/h8-12H,2-7H2,1H3. The lowest BCUT2D eigenvalue weighted by molar-refractivity contribution is 0.0644. The van der Waals surface area contributed by atoms with E-state index in [1.807, 2.05) is 0 Å². The van der Waals surface area contributed by atoms with Crippen LogP contribution in [0.4, 0.5) is 0 Å². The van der Waals surface area contributed by atoms with Gasteiger partial charge in [-0.1, -0.05) is 0 Å². The fraction of sp³-hybridized carbons (Fsp3) is 1.00. The minimum atomic E-state index is -0.383. The third kappa shape index (κ3) is 4.57. The maximum Gasteiger partial charge on any atom is 0.0897 e. The summed E-state index contributed by atoms with van der Waals surface area (Å²) in [5.41, 5.74) is 0. The summed E-state index contributed by atoms with van der Waals surface area (Å²) in [5, 5.41) is 15.9. The third-order valence-electron chi connectivity index (χ3n) is 2.29. The van der Waals surface area contributed by atoms with Crippen LogP contribution in [0.15, 0.2) is 0 Å². The molecular formula is C9H20N2O2. The van der Waals surface area contributed by atoms with Crippen LogP contribution in [0.1, 0.15) is 12.8 Å². The molecule has 0 saturated carbocycles. The summed E-state index contributed by atoms with van der Waals surface area (Å²) in [6.07, 6.45) is 2.13. The monoisotopic (exact) mass is 188 g/mol. The van der Waals surface area contributed by atoms with E-state index in [0.29, 0.717) is 19.2 Å². The minimum absolute atomic E-state index is 0.383. The molecule has 1 fully saturated rings. The van der Waals surface area contributed by atoms with Crippen molar-refractivity contribution in [1.29, 1.82) is 0 Å². The zero-order valence-corrected chi connectivity index (χ0v) is 8.25. The van der Waals surface area contributed by atoms with Crippen molar-refractivity contribution in [3.8, 4) is 0 Å². The number of nitrogens with one attached hydrogen (secondary N) is 2. The normalized spacial score (nSPS) is 24.9. The van der Waals surface area contributed by atoms with Crippen LogP contribution in [0.3, 0.4) is 0 Å². The zero-order chi connectivity index (χ0) is 9.52. The Labute approximate surface area is 79.7 Å². The molecule has 1 aliphatic rings. The van der Waals surface area contributed by atoms with Crippen LogP contribution in [0, 0.1) is 0 Å². The van der Waals surface area contributed by atoms with Crippen LogP contribution in [-0.2, 0) is 4.74 Å². The SMILES string of the molecule is COCC(O)CNCC1CCCN1. The molecule has 2 unspecified atom stereocenters. The van der Waals surface area contributed by atoms with Crippen LogP contribution in [0.5, 0.6) is 0 Å². The van der Waals surface area contributed by atoms with Gasteiger partial charge in [0.05, 0.1) is 12.7 Å². The van der Waals surface area contributed by atoms with Crippen LogP contribution >= 0.6 is 0 Å². The molecule has 1 rings (SSSR count). The summed E-state index contributed by atoms with van der Waals surface area (Å²) >= 11 is 0. The summed E-state index contributed by atoms with van der Waals surface area (Å²) in [6, 6.07) is 0.592. The zero-order valence-electron chi connectivity index (χ0n) is 8.25. The van der Waals surface area contributed by atoms with Gasteiger partial charge in [-0.3, -0.25) is 0 Å². The van der Waals surface area contributed by atoms with Crippen molar-refractivity contribution in [1.82, 2.24) is 10.6 Å². The van der Waals surface area contributed by atoms with Gasteiger partial charge in [0, 0.05) is 26.2 Å². The summed E-state index contributed by atoms with van der Waals surface area (Å²) < 4.78 is 4.82. The average Bonchev–Trinajstić information content (AvgIpc) is 2.57. The molecule has 0 bridgehead atoms. The van der Waals surface area contributed by atoms with Gasteiger partial charge >= 0.3 is 0 Å². The van der Waals surface area contributed by atoms with Gasteiger partial charge in [0.25, 0.3) is 0 Å². The number of ether oxygens (including phenoxy) is 1. The second kappa shape index (κ2) is 6.32. The number of rotatable bonds is 6.